The van der Waals surface area contributed by atoms with Crippen LogP contribution < -0.4 is 10.6 Å². The Morgan fingerprint density at radius 1 is 1.32 bits per heavy atom. The van der Waals surface area contributed by atoms with Crippen LogP contribution in [0.5, 0.6) is 0 Å². The van der Waals surface area contributed by atoms with E-state index in [1.165, 1.54) is 19.3 Å². The molecule has 0 aromatic heterocycles. The summed E-state index contributed by atoms with van der Waals surface area (Å²) in [7, 11) is 0. The lowest BCUT2D eigenvalue weighted by molar-refractivity contribution is -0.117. The van der Waals surface area contributed by atoms with E-state index in [4.69, 9.17) is 0 Å². The van der Waals surface area contributed by atoms with Crippen molar-refractivity contribution in [1.29, 1.82) is 0 Å². The largest absolute Gasteiger partial charge is 0.350 e. The quantitative estimate of drug-likeness (QED) is 0.843. The molecule has 0 spiro atoms. The Balaban J connectivity index is 1.60. The molecule has 22 heavy (non-hydrogen) atoms. The van der Waals surface area contributed by atoms with Crippen LogP contribution in [0.3, 0.4) is 0 Å². The maximum Gasteiger partial charge on any atom is 0.244 e. The van der Waals surface area contributed by atoms with Gasteiger partial charge in [0.1, 0.15) is 0 Å². The van der Waals surface area contributed by atoms with Crippen molar-refractivity contribution in [1.82, 2.24) is 5.32 Å². The van der Waals surface area contributed by atoms with Crippen molar-refractivity contribution in [3.05, 3.63) is 35.4 Å². The predicted molar refractivity (Wildman–Crippen MR) is 87.4 cm³/mol. The molecule has 0 saturated heterocycles. The van der Waals surface area contributed by atoms with Gasteiger partial charge in [-0.3, -0.25) is 9.59 Å². The molecule has 2 unspecified atom stereocenters. The summed E-state index contributed by atoms with van der Waals surface area (Å²) in [5.74, 6) is 0.546. The zero-order valence-corrected chi connectivity index (χ0v) is 12.9. The van der Waals surface area contributed by atoms with Crippen LogP contribution in [-0.2, 0) is 16.0 Å². The van der Waals surface area contributed by atoms with E-state index in [-0.39, 0.29) is 11.8 Å². The third kappa shape index (κ3) is 3.38. The first-order chi connectivity index (χ1) is 10.6. The average Bonchev–Trinajstić information content (AvgIpc) is 2.87. The summed E-state index contributed by atoms with van der Waals surface area (Å²) in [4.78, 5) is 23.4. The normalized spacial score (nSPS) is 24.1. The summed E-state index contributed by atoms with van der Waals surface area (Å²) in [5, 5.41) is 5.93. The fourth-order valence-electron chi connectivity index (χ4n) is 3.27. The zero-order valence-electron chi connectivity index (χ0n) is 12.9. The number of hydrogen-bond donors (Lipinski definition) is 2. The molecule has 1 heterocycles. The van der Waals surface area contributed by atoms with E-state index in [1.54, 1.807) is 12.2 Å². The van der Waals surface area contributed by atoms with E-state index in [2.05, 4.69) is 17.6 Å². The molecule has 1 aromatic carbocycles. The Labute approximate surface area is 131 Å². The Morgan fingerprint density at radius 2 is 2.14 bits per heavy atom. The number of anilines is 1. The third-order valence-corrected chi connectivity index (χ3v) is 4.63. The van der Waals surface area contributed by atoms with Gasteiger partial charge in [0, 0.05) is 17.8 Å². The predicted octanol–water partition coefficient (Wildman–Crippen LogP) is 2.89. The summed E-state index contributed by atoms with van der Waals surface area (Å²) < 4.78 is 0. The number of fused-ring (bicyclic) bond motifs is 1. The highest BCUT2D eigenvalue weighted by Gasteiger charge is 2.22. The van der Waals surface area contributed by atoms with E-state index in [0.29, 0.717) is 18.4 Å². The molecule has 2 amide bonds. The molecule has 1 aromatic rings. The molecule has 1 aliphatic heterocycles. The van der Waals surface area contributed by atoms with Crippen molar-refractivity contribution < 1.29 is 9.59 Å². The average molecular weight is 298 g/mol. The van der Waals surface area contributed by atoms with Crippen LogP contribution >= 0.6 is 0 Å². The maximum absolute atomic E-state index is 12.0. The Bertz CT molecular complexity index is 622. The second-order valence-electron chi connectivity index (χ2n) is 6.35. The number of nitrogens with one attached hydrogen (secondary N) is 2. The van der Waals surface area contributed by atoms with Gasteiger partial charge in [-0.2, -0.15) is 0 Å². The van der Waals surface area contributed by atoms with Crippen molar-refractivity contribution in [2.75, 3.05) is 5.32 Å². The van der Waals surface area contributed by atoms with Gasteiger partial charge in [-0.1, -0.05) is 31.9 Å². The van der Waals surface area contributed by atoms with Crippen molar-refractivity contribution >= 4 is 23.6 Å². The molecule has 2 atom stereocenters. The molecule has 1 fully saturated rings. The highest BCUT2D eigenvalue weighted by Crippen LogP contribution is 2.25. The van der Waals surface area contributed by atoms with Crippen molar-refractivity contribution in [2.45, 2.75) is 45.1 Å². The molecule has 1 aliphatic carbocycles. The minimum Gasteiger partial charge on any atom is -0.350 e. The van der Waals surface area contributed by atoms with Gasteiger partial charge in [0.15, 0.2) is 0 Å². The van der Waals surface area contributed by atoms with Crippen molar-refractivity contribution in [2.24, 2.45) is 5.92 Å². The zero-order chi connectivity index (χ0) is 15.5. The molecule has 0 bridgehead atoms. The van der Waals surface area contributed by atoms with Gasteiger partial charge in [0.25, 0.3) is 0 Å². The Hall–Kier alpha value is -2.10. The van der Waals surface area contributed by atoms with Crippen LogP contribution in [0.2, 0.25) is 0 Å². The number of carbonyl (C=O) groups is 2. The molecule has 4 heteroatoms. The lowest BCUT2D eigenvalue weighted by atomic mass is 9.86. The van der Waals surface area contributed by atoms with Gasteiger partial charge < -0.3 is 10.6 Å². The van der Waals surface area contributed by atoms with E-state index in [9.17, 15) is 9.59 Å². The van der Waals surface area contributed by atoms with Crippen molar-refractivity contribution in [3.63, 3.8) is 0 Å². The van der Waals surface area contributed by atoms with E-state index < -0.39 is 0 Å². The molecule has 4 nitrogen and oxygen atoms in total. The van der Waals surface area contributed by atoms with Crippen LogP contribution in [0.15, 0.2) is 24.3 Å². The second-order valence-corrected chi connectivity index (χ2v) is 6.35. The Kier molecular flexibility index (Phi) is 4.27. The fourth-order valence-corrected chi connectivity index (χ4v) is 3.27. The molecule has 3 rings (SSSR count). The first-order valence-electron chi connectivity index (χ1n) is 8.03. The maximum atomic E-state index is 12.0. The topological polar surface area (TPSA) is 58.2 Å². The summed E-state index contributed by atoms with van der Waals surface area (Å²) in [6, 6.07) is 6.08. The van der Waals surface area contributed by atoms with Gasteiger partial charge in [-0.15, -0.1) is 0 Å². The molecular formula is C18H22N2O2. The molecule has 2 N–H and O–H groups in total. The SMILES string of the molecule is CC1CCCCC1NC(=O)/C=C/c1ccc2c(c1)NC(=O)C2. The van der Waals surface area contributed by atoms with Crippen LogP contribution in [-0.4, -0.2) is 17.9 Å². The second kappa shape index (κ2) is 6.34. The number of carbonyl (C=O) groups excluding carboxylic acids is 2. The van der Waals surface area contributed by atoms with Gasteiger partial charge >= 0.3 is 0 Å². The highest BCUT2D eigenvalue weighted by atomic mass is 16.2. The number of hydrogen-bond acceptors (Lipinski definition) is 2. The van der Waals surface area contributed by atoms with Crippen LogP contribution in [0.4, 0.5) is 5.69 Å². The minimum absolute atomic E-state index is 0.0279. The minimum atomic E-state index is -0.0386. The van der Waals surface area contributed by atoms with Gasteiger partial charge in [0.2, 0.25) is 11.8 Å². The van der Waals surface area contributed by atoms with Crippen LogP contribution in [0.25, 0.3) is 6.08 Å². The fraction of sp³-hybridized carbons (Fsp3) is 0.444. The summed E-state index contributed by atoms with van der Waals surface area (Å²) in [6.45, 7) is 2.21. The number of benzene rings is 1. The van der Waals surface area contributed by atoms with Gasteiger partial charge in [0.05, 0.1) is 6.42 Å². The molecule has 116 valence electrons. The third-order valence-electron chi connectivity index (χ3n) is 4.63. The summed E-state index contributed by atoms with van der Waals surface area (Å²) in [6.07, 6.45) is 8.56. The summed E-state index contributed by atoms with van der Waals surface area (Å²) in [5.41, 5.74) is 2.80. The van der Waals surface area contributed by atoms with Gasteiger partial charge in [-0.05, 0) is 42.0 Å². The molecular weight excluding hydrogens is 276 g/mol. The standard InChI is InChI=1S/C18H22N2O2/c1-12-4-2-3-5-15(12)19-17(21)9-7-13-6-8-14-11-18(22)20-16(14)10-13/h6-10,12,15H,2-5,11H2,1H3,(H,19,21)(H,20,22)/b9-7+. The van der Waals surface area contributed by atoms with E-state index in [0.717, 1.165) is 23.2 Å². The summed E-state index contributed by atoms with van der Waals surface area (Å²) >= 11 is 0. The molecule has 0 radical (unpaired) electrons. The highest BCUT2D eigenvalue weighted by molar-refractivity contribution is 5.99. The van der Waals surface area contributed by atoms with Crippen LogP contribution in [0.1, 0.15) is 43.7 Å². The first kappa shape index (κ1) is 14.8. The van der Waals surface area contributed by atoms with E-state index in [1.807, 2.05) is 18.2 Å². The number of amides is 2. The monoisotopic (exact) mass is 298 g/mol. The van der Waals surface area contributed by atoms with Crippen LogP contribution in [0, 0.1) is 5.92 Å². The van der Waals surface area contributed by atoms with Crippen molar-refractivity contribution in [3.8, 4) is 0 Å². The van der Waals surface area contributed by atoms with Gasteiger partial charge in [-0.25, -0.2) is 0 Å². The van der Waals surface area contributed by atoms with E-state index >= 15 is 0 Å². The molecule has 1 saturated carbocycles. The first-order valence-corrected chi connectivity index (χ1v) is 8.03. The smallest absolute Gasteiger partial charge is 0.244 e. The lowest BCUT2D eigenvalue weighted by Gasteiger charge is -2.29. The lowest BCUT2D eigenvalue weighted by Crippen LogP contribution is -2.40. The Morgan fingerprint density at radius 3 is 2.95 bits per heavy atom. The number of rotatable bonds is 3. The molecule has 2 aliphatic rings.